The quantitative estimate of drug-likeness (QED) is 0.472. The van der Waals surface area contributed by atoms with E-state index < -0.39 is 16.2 Å². The summed E-state index contributed by atoms with van der Waals surface area (Å²) in [5, 5.41) is 0. The van der Waals surface area contributed by atoms with E-state index in [1.807, 2.05) is 0 Å². The summed E-state index contributed by atoms with van der Waals surface area (Å²) in [6.45, 7) is 6.47. The molecule has 1 aliphatic rings. The van der Waals surface area contributed by atoms with Crippen molar-refractivity contribution in [3.8, 4) is 0 Å². The first kappa shape index (κ1) is 16.1. The molecule has 0 atom stereocenters. The molecule has 19 heavy (non-hydrogen) atoms. The standard InChI is InChI=1S/C11H20N2O5S/c1-3-5-13(10-11(14)18-4-2)19(15,16)12-6-8-17-9-7-12/h3H,1,4-10H2,2H3. The van der Waals surface area contributed by atoms with Crippen LogP contribution < -0.4 is 0 Å². The van der Waals surface area contributed by atoms with Gasteiger partial charge in [-0.15, -0.1) is 6.58 Å². The lowest BCUT2D eigenvalue weighted by Crippen LogP contribution is -2.50. The zero-order chi connectivity index (χ0) is 14.3. The van der Waals surface area contributed by atoms with Crippen LogP contribution in [0.2, 0.25) is 0 Å². The fourth-order valence-electron chi connectivity index (χ4n) is 1.68. The van der Waals surface area contributed by atoms with Crippen LogP contribution in [0.5, 0.6) is 0 Å². The number of carbonyl (C=O) groups excluding carboxylic acids is 1. The van der Waals surface area contributed by atoms with Crippen LogP contribution in [0.25, 0.3) is 0 Å². The van der Waals surface area contributed by atoms with E-state index in [2.05, 4.69) is 6.58 Å². The minimum Gasteiger partial charge on any atom is -0.465 e. The molecule has 110 valence electrons. The molecular formula is C11H20N2O5S. The van der Waals surface area contributed by atoms with E-state index in [1.54, 1.807) is 6.92 Å². The number of rotatable bonds is 7. The molecule has 8 heteroatoms. The summed E-state index contributed by atoms with van der Waals surface area (Å²) < 4.78 is 37.0. The molecule has 1 heterocycles. The van der Waals surface area contributed by atoms with Crippen molar-refractivity contribution < 1.29 is 22.7 Å². The van der Waals surface area contributed by atoms with Gasteiger partial charge in [0.1, 0.15) is 6.54 Å². The highest BCUT2D eigenvalue weighted by molar-refractivity contribution is 7.86. The number of esters is 1. The zero-order valence-corrected chi connectivity index (χ0v) is 11.9. The van der Waals surface area contributed by atoms with E-state index in [0.717, 1.165) is 4.31 Å². The first-order chi connectivity index (χ1) is 9.02. The molecule has 0 amide bonds. The van der Waals surface area contributed by atoms with Gasteiger partial charge in [-0.1, -0.05) is 6.08 Å². The van der Waals surface area contributed by atoms with Crippen LogP contribution in [0, 0.1) is 0 Å². The maximum Gasteiger partial charge on any atom is 0.321 e. The van der Waals surface area contributed by atoms with Crippen LogP contribution in [0.4, 0.5) is 0 Å². The van der Waals surface area contributed by atoms with E-state index in [9.17, 15) is 13.2 Å². The molecule has 0 aromatic rings. The molecule has 0 spiro atoms. The lowest BCUT2D eigenvalue weighted by atomic mass is 10.5. The van der Waals surface area contributed by atoms with Gasteiger partial charge in [0.05, 0.1) is 19.8 Å². The summed E-state index contributed by atoms with van der Waals surface area (Å²) in [4.78, 5) is 11.5. The molecule has 0 saturated carbocycles. The Hall–Kier alpha value is -0.960. The van der Waals surface area contributed by atoms with Gasteiger partial charge in [-0.3, -0.25) is 4.79 Å². The molecule has 1 saturated heterocycles. The molecule has 0 N–H and O–H groups in total. The Bertz CT molecular complexity index is 403. The van der Waals surface area contributed by atoms with E-state index in [0.29, 0.717) is 26.3 Å². The van der Waals surface area contributed by atoms with Gasteiger partial charge in [-0.25, -0.2) is 0 Å². The van der Waals surface area contributed by atoms with Gasteiger partial charge in [0.15, 0.2) is 0 Å². The van der Waals surface area contributed by atoms with Gasteiger partial charge in [0.25, 0.3) is 10.2 Å². The van der Waals surface area contributed by atoms with Crippen molar-refractivity contribution in [1.29, 1.82) is 0 Å². The maximum absolute atomic E-state index is 12.4. The molecule has 0 aromatic carbocycles. The molecule has 1 aliphatic heterocycles. The summed E-state index contributed by atoms with van der Waals surface area (Å²) in [5.41, 5.74) is 0. The SMILES string of the molecule is C=CCN(CC(=O)OCC)S(=O)(=O)N1CCOCC1. The van der Waals surface area contributed by atoms with Gasteiger partial charge in [0.2, 0.25) is 0 Å². The van der Waals surface area contributed by atoms with E-state index in [-0.39, 0.29) is 19.7 Å². The molecular weight excluding hydrogens is 272 g/mol. The topological polar surface area (TPSA) is 76.2 Å². The van der Waals surface area contributed by atoms with Crippen LogP contribution >= 0.6 is 0 Å². The van der Waals surface area contributed by atoms with Gasteiger partial charge < -0.3 is 9.47 Å². The third-order valence-electron chi connectivity index (χ3n) is 2.57. The third-order valence-corrected chi connectivity index (χ3v) is 4.51. The Balaban J connectivity index is 2.77. The Labute approximate surface area is 113 Å². The number of morpholine rings is 1. The Kier molecular flexibility index (Phi) is 6.43. The second-order valence-electron chi connectivity index (χ2n) is 3.91. The Morgan fingerprint density at radius 2 is 2.11 bits per heavy atom. The number of hydrogen-bond donors (Lipinski definition) is 0. The summed E-state index contributed by atoms with van der Waals surface area (Å²) in [5.74, 6) is -0.568. The molecule has 0 aromatic heterocycles. The first-order valence-corrected chi connectivity index (χ1v) is 7.51. The van der Waals surface area contributed by atoms with E-state index in [4.69, 9.17) is 9.47 Å². The average Bonchev–Trinajstić information content (AvgIpc) is 2.39. The van der Waals surface area contributed by atoms with Crippen molar-refractivity contribution in [3.05, 3.63) is 12.7 Å². The summed E-state index contributed by atoms with van der Waals surface area (Å²) >= 11 is 0. The molecule has 0 bridgehead atoms. The highest BCUT2D eigenvalue weighted by atomic mass is 32.2. The summed E-state index contributed by atoms with van der Waals surface area (Å²) in [7, 11) is -3.69. The Morgan fingerprint density at radius 3 is 2.63 bits per heavy atom. The fraction of sp³-hybridized carbons (Fsp3) is 0.727. The molecule has 0 unspecified atom stereocenters. The van der Waals surface area contributed by atoms with E-state index in [1.165, 1.54) is 10.4 Å². The molecule has 1 fully saturated rings. The molecule has 0 aliphatic carbocycles. The lowest BCUT2D eigenvalue weighted by Gasteiger charge is -2.31. The normalized spacial score (nSPS) is 17.4. The summed E-state index contributed by atoms with van der Waals surface area (Å²) in [6, 6.07) is 0. The largest absolute Gasteiger partial charge is 0.465 e. The number of carbonyl (C=O) groups is 1. The molecule has 7 nitrogen and oxygen atoms in total. The fourth-order valence-corrected chi connectivity index (χ4v) is 3.18. The third kappa shape index (κ3) is 4.57. The number of nitrogens with zero attached hydrogens (tertiary/aromatic N) is 2. The van der Waals surface area contributed by atoms with Crippen LogP contribution in [0.3, 0.4) is 0 Å². The zero-order valence-electron chi connectivity index (χ0n) is 11.1. The minimum atomic E-state index is -3.69. The van der Waals surface area contributed by atoms with Gasteiger partial charge >= 0.3 is 5.97 Å². The lowest BCUT2D eigenvalue weighted by molar-refractivity contribution is -0.143. The van der Waals surface area contributed by atoms with Crippen molar-refractivity contribution in [2.24, 2.45) is 0 Å². The Morgan fingerprint density at radius 1 is 1.47 bits per heavy atom. The molecule has 0 radical (unpaired) electrons. The summed E-state index contributed by atoms with van der Waals surface area (Å²) in [6.07, 6.45) is 1.44. The second kappa shape index (κ2) is 7.59. The highest BCUT2D eigenvalue weighted by Gasteiger charge is 2.31. The predicted octanol–water partition coefficient (Wildman–Crippen LogP) is -0.385. The van der Waals surface area contributed by atoms with Crippen molar-refractivity contribution in [2.45, 2.75) is 6.92 Å². The van der Waals surface area contributed by atoms with E-state index >= 15 is 0 Å². The minimum absolute atomic E-state index is 0.0680. The first-order valence-electron chi connectivity index (χ1n) is 6.11. The van der Waals surface area contributed by atoms with Crippen molar-refractivity contribution >= 4 is 16.2 Å². The van der Waals surface area contributed by atoms with Gasteiger partial charge in [-0.2, -0.15) is 17.0 Å². The number of hydrogen-bond acceptors (Lipinski definition) is 5. The van der Waals surface area contributed by atoms with Gasteiger partial charge in [0, 0.05) is 19.6 Å². The van der Waals surface area contributed by atoms with Crippen molar-refractivity contribution in [2.75, 3.05) is 46.0 Å². The second-order valence-corrected chi connectivity index (χ2v) is 5.83. The van der Waals surface area contributed by atoms with Crippen LogP contribution in [-0.4, -0.2) is 69.0 Å². The molecule has 1 rings (SSSR count). The van der Waals surface area contributed by atoms with Crippen LogP contribution in [0.1, 0.15) is 6.92 Å². The van der Waals surface area contributed by atoms with Crippen molar-refractivity contribution in [3.63, 3.8) is 0 Å². The number of ether oxygens (including phenoxy) is 2. The van der Waals surface area contributed by atoms with Crippen molar-refractivity contribution in [1.82, 2.24) is 8.61 Å². The van der Waals surface area contributed by atoms with Crippen LogP contribution in [0.15, 0.2) is 12.7 Å². The smallest absolute Gasteiger partial charge is 0.321 e. The average molecular weight is 292 g/mol. The predicted molar refractivity (Wildman–Crippen MR) is 69.7 cm³/mol. The van der Waals surface area contributed by atoms with Crippen LogP contribution in [-0.2, 0) is 24.5 Å². The monoisotopic (exact) mass is 292 g/mol. The highest BCUT2D eigenvalue weighted by Crippen LogP contribution is 2.11. The maximum atomic E-state index is 12.4. The van der Waals surface area contributed by atoms with Gasteiger partial charge in [-0.05, 0) is 6.92 Å².